The van der Waals surface area contributed by atoms with E-state index in [1.807, 2.05) is 19.1 Å². The smallest absolute Gasteiger partial charge is 0.292 e. The topological polar surface area (TPSA) is 58.4 Å². The average molecular weight is 291 g/mol. The van der Waals surface area contributed by atoms with Crippen molar-refractivity contribution in [2.45, 2.75) is 39.7 Å². The van der Waals surface area contributed by atoms with E-state index in [0.29, 0.717) is 11.6 Å². The lowest BCUT2D eigenvalue weighted by atomic mass is 9.91. The molecule has 0 aliphatic carbocycles. The first-order chi connectivity index (χ1) is 10.0. The lowest BCUT2D eigenvalue weighted by molar-refractivity contribution is -0.384. The zero-order chi connectivity index (χ0) is 15.4. The minimum Gasteiger partial charge on any atom is -0.377 e. The number of piperidine rings is 1. The number of hydrogen-bond donors (Lipinski definition) is 1. The first kappa shape index (κ1) is 15.8. The molecule has 1 saturated heterocycles. The Bertz CT molecular complexity index is 504. The van der Waals surface area contributed by atoms with Crippen molar-refractivity contribution >= 4 is 11.4 Å². The van der Waals surface area contributed by atoms with Crippen molar-refractivity contribution in [1.29, 1.82) is 0 Å². The van der Waals surface area contributed by atoms with Crippen LogP contribution in [0.2, 0.25) is 0 Å². The highest BCUT2D eigenvalue weighted by atomic mass is 16.6. The molecule has 0 radical (unpaired) electrons. The molecule has 0 spiro atoms. The summed E-state index contributed by atoms with van der Waals surface area (Å²) in [6, 6.07) is 5.61. The number of hydrogen-bond acceptors (Lipinski definition) is 4. The van der Waals surface area contributed by atoms with Gasteiger partial charge < -0.3 is 10.2 Å². The van der Waals surface area contributed by atoms with Gasteiger partial charge in [-0.15, -0.1) is 0 Å². The van der Waals surface area contributed by atoms with E-state index in [-0.39, 0.29) is 16.7 Å². The molecule has 2 atom stereocenters. The van der Waals surface area contributed by atoms with Crippen molar-refractivity contribution in [3.05, 3.63) is 33.9 Å². The van der Waals surface area contributed by atoms with Crippen molar-refractivity contribution in [3.8, 4) is 0 Å². The lowest BCUT2D eigenvalue weighted by Gasteiger charge is -2.35. The third-order valence-corrected chi connectivity index (χ3v) is 4.43. The molecule has 116 valence electrons. The largest absolute Gasteiger partial charge is 0.377 e. The molecular weight excluding hydrogens is 266 g/mol. The summed E-state index contributed by atoms with van der Waals surface area (Å²) < 4.78 is 0. The molecule has 21 heavy (non-hydrogen) atoms. The van der Waals surface area contributed by atoms with Crippen molar-refractivity contribution in [2.75, 3.05) is 25.0 Å². The van der Waals surface area contributed by atoms with Crippen LogP contribution in [0.3, 0.4) is 0 Å². The van der Waals surface area contributed by atoms with Crippen LogP contribution in [-0.2, 0) is 0 Å². The third kappa shape index (κ3) is 3.94. The Hall–Kier alpha value is -1.62. The molecule has 2 unspecified atom stereocenters. The van der Waals surface area contributed by atoms with Crippen LogP contribution < -0.4 is 5.32 Å². The summed E-state index contributed by atoms with van der Waals surface area (Å²) in [5, 5.41) is 14.6. The van der Waals surface area contributed by atoms with Crippen LogP contribution in [-0.4, -0.2) is 35.5 Å². The van der Waals surface area contributed by atoms with Crippen LogP contribution in [0.5, 0.6) is 0 Å². The second kappa shape index (κ2) is 6.89. The zero-order valence-electron chi connectivity index (χ0n) is 13.1. The predicted molar refractivity (Wildman–Crippen MR) is 85.8 cm³/mol. The molecule has 1 aliphatic rings. The fraction of sp³-hybridized carbons (Fsp3) is 0.625. The van der Waals surface area contributed by atoms with Gasteiger partial charge in [-0.3, -0.25) is 10.1 Å². The Morgan fingerprint density at radius 3 is 2.95 bits per heavy atom. The number of nitrogens with one attached hydrogen (secondary N) is 1. The van der Waals surface area contributed by atoms with Crippen LogP contribution in [0.15, 0.2) is 18.2 Å². The van der Waals surface area contributed by atoms with Gasteiger partial charge in [0.25, 0.3) is 5.69 Å². The Labute approximate surface area is 126 Å². The van der Waals surface area contributed by atoms with Crippen LogP contribution in [0.1, 0.15) is 32.3 Å². The molecule has 1 fully saturated rings. The number of aryl methyl sites for hydroxylation is 1. The number of nitro benzene ring substituents is 1. The maximum absolute atomic E-state index is 11.2. The van der Waals surface area contributed by atoms with E-state index in [2.05, 4.69) is 24.1 Å². The normalized spacial score (nSPS) is 21.0. The number of likely N-dealkylation sites (tertiary alicyclic amines) is 1. The van der Waals surface area contributed by atoms with Crippen molar-refractivity contribution in [2.24, 2.45) is 5.92 Å². The van der Waals surface area contributed by atoms with Gasteiger partial charge in [-0.25, -0.2) is 0 Å². The summed E-state index contributed by atoms with van der Waals surface area (Å²) in [5.74, 6) is 0.541. The number of benzene rings is 1. The highest BCUT2D eigenvalue weighted by molar-refractivity contribution is 5.63. The second-order valence-electron chi connectivity index (χ2n) is 6.01. The maximum atomic E-state index is 11.2. The number of anilines is 1. The van der Waals surface area contributed by atoms with Gasteiger partial charge in [0, 0.05) is 18.7 Å². The first-order valence-corrected chi connectivity index (χ1v) is 7.75. The van der Waals surface area contributed by atoms with E-state index in [0.717, 1.165) is 18.7 Å². The number of rotatable bonds is 5. The predicted octanol–water partition coefficient (Wildman–Crippen LogP) is 3.44. The third-order valence-electron chi connectivity index (χ3n) is 4.43. The van der Waals surface area contributed by atoms with Gasteiger partial charge in [-0.1, -0.05) is 13.0 Å². The molecule has 1 aromatic rings. The highest BCUT2D eigenvalue weighted by Crippen LogP contribution is 2.28. The van der Waals surface area contributed by atoms with Crippen LogP contribution in [0, 0.1) is 23.0 Å². The minimum absolute atomic E-state index is 0.171. The van der Waals surface area contributed by atoms with Crippen molar-refractivity contribution < 1.29 is 4.92 Å². The summed E-state index contributed by atoms with van der Waals surface area (Å²) in [7, 11) is 0. The van der Waals surface area contributed by atoms with Gasteiger partial charge in [0.2, 0.25) is 0 Å². The molecule has 1 aromatic carbocycles. The summed E-state index contributed by atoms with van der Waals surface area (Å²) in [6.45, 7) is 9.52. The molecule has 5 nitrogen and oxygen atoms in total. The zero-order valence-corrected chi connectivity index (χ0v) is 13.1. The Balaban J connectivity index is 2.08. The molecule has 2 rings (SSSR count). The van der Waals surface area contributed by atoms with Gasteiger partial charge in [0.1, 0.15) is 5.69 Å². The molecule has 0 aromatic heterocycles. The van der Waals surface area contributed by atoms with Gasteiger partial charge in [0.05, 0.1) is 4.92 Å². The number of nitrogens with zero attached hydrogens (tertiary/aromatic N) is 2. The van der Waals surface area contributed by atoms with Gasteiger partial charge in [-0.2, -0.15) is 0 Å². The Kier molecular flexibility index (Phi) is 5.17. The van der Waals surface area contributed by atoms with E-state index in [9.17, 15) is 10.1 Å². The molecule has 0 amide bonds. The van der Waals surface area contributed by atoms with Crippen molar-refractivity contribution in [1.82, 2.24) is 4.90 Å². The summed E-state index contributed by atoms with van der Waals surface area (Å²) in [5.41, 5.74) is 1.71. The molecule has 5 heteroatoms. The van der Waals surface area contributed by atoms with Gasteiger partial charge >= 0.3 is 0 Å². The minimum atomic E-state index is -0.304. The Morgan fingerprint density at radius 1 is 1.52 bits per heavy atom. The van der Waals surface area contributed by atoms with Crippen molar-refractivity contribution in [3.63, 3.8) is 0 Å². The summed E-state index contributed by atoms with van der Waals surface area (Å²) in [4.78, 5) is 13.3. The Morgan fingerprint density at radius 2 is 2.29 bits per heavy atom. The van der Waals surface area contributed by atoms with Crippen LogP contribution in [0.4, 0.5) is 11.4 Å². The van der Waals surface area contributed by atoms with E-state index in [1.54, 1.807) is 6.07 Å². The highest BCUT2D eigenvalue weighted by Gasteiger charge is 2.25. The van der Waals surface area contributed by atoms with E-state index in [1.165, 1.54) is 19.4 Å². The fourth-order valence-electron chi connectivity index (χ4n) is 3.06. The van der Waals surface area contributed by atoms with E-state index >= 15 is 0 Å². The van der Waals surface area contributed by atoms with Gasteiger partial charge in [-0.05, 0) is 57.3 Å². The van der Waals surface area contributed by atoms with Crippen LogP contribution in [0.25, 0.3) is 0 Å². The monoisotopic (exact) mass is 291 g/mol. The summed E-state index contributed by atoms with van der Waals surface area (Å²) in [6.07, 6.45) is 2.39. The lowest BCUT2D eigenvalue weighted by Crippen LogP contribution is -2.41. The van der Waals surface area contributed by atoms with Crippen LogP contribution >= 0.6 is 0 Å². The average Bonchev–Trinajstić information content (AvgIpc) is 2.48. The quantitative estimate of drug-likeness (QED) is 0.667. The first-order valence-electron chi connectivity index (χ1n) is 7.75. The molecular formula is C16H25N3O2. The second-order valence-corrected chi connectivity index (χ2v) is 6.01. The standard InChI is InChI=1S/C16H25N3O2/c1-4-18-9-5-6-14(11-18)13(3)17-15-8-7-12(2)10-16(15)19(20)21/h7-8,10,13-14,17H,4-6,9,11H2,1-3H3. The van der Waals surface area contributed by atoms with E-state index < -0.39 is 0 Å². The number of nitro groups is 1. The molecule has 0 bridgehead atoms. The summed E-state index contributed by atoms with van der Waals surface area (Å²) >= 11 is 0. The van der Waals surface area contributed by atoms with Gasteiger partial charge in [0.15, 0.2) is 0 Å². The SMILES string of the molecule is CCN1CCCC(C(C)Nc2ccc(C)cc2[N+](=O)[O-])C1. The molecule has 1 aliphatic heterocycles. The molecule has 1 heterocycles. The molecule has 0 saturated carbocycles. The fourth-order valence-corrected chi connectivity index (χ4v) is 3.06. The maximum Gasteiger partial charge on any atom is 0.292 e. The van der Waals surface area contributed by atoms with E-state index in [4.69, 9.17) is 0 Å². The molecule has 1 N–H and O–H groups in total.